The summed E-state index contributed by atoms with van der Waals surface area (Å²) in [6.45, 7) is 0. The fourth-order valence-electron chi connectivity index (χ4n) is 6.20. The number of carbonyl (C=O) groups is 2. The molecule has 6 aromatic carbocycles. The Kier molecular flexibility index (Phi) is 11.0. The molecule has 0 unspecified atom stereocenters. The number of rotatable bonds is 8. The Bertz CT molecular complexity index is 2690. The SMILES string of the molecule is O=C(Nc1ccc(Oc2ccc(NC(=O)c3cc(-c4ccc(Cl)c(Cl)c4Cl)nc4ccccc34)cc2)cc1)c1cc(-c2ccc(Cl)c(Cl)c2Cl)nc2ccccc12. The summed E-state index contributed by atoms with van der Waals surface area (Å²) in [6.07, 6.45) is 0. The number of nitrogens with zero attached hydrogens (tertiary/aromatic N) is 2. The number of pyridine rings is 2. The van der Waals surface area contributed by atoms with Gasteiger partial charge >= 0.3 is 0 Å². The van der Waals surface area contributed by atoms with Gasteiger partial charge in [0.1, 0.15) is 11.5 Å². The molecule has 13 heteroatoms. The maximum atomic E-state index is 13.7. The standard InChI is InChI=1S/C44H24Cl6N4O3/c45-33-19-17-29(39(47)41(33)49)37-21-31(27-5-1-3-7-35(27)53-37)43(55)51-23-9-13-25(14-10-23)57-26-15-11-24(12-16-26)52-44(56)32-22-38(54-36-8-4-2-6-28(32)36)30-18-20-34(46)42(50)40(30)48/h1-22H,(H,51,55)(H,52,56). The van der Waals surface area contributed by atoms with Gasteiger partial charge in [-0.25, -0.2) is 9.97 Å². The predicted octanol–water partition coefficient (Wildman–Crippen LogP) is 14.3. The van der Waals surface area contributed by atoms with Crippen LogP contribution in [-0.4, -0.2) is 21.8 Å². The molecule has 280 valence electrons. The van der Waals surface area contributed by atoms with E-state index in [1.54, 1.807) is 84.9 Å². The molecule has 0 bridgehead atoms. The predicted molar refractivity (Wildman–Crippen MR) is 233 cm³/mol. The minimum absolute atomic E-state index is 0.208. The Labute approximate surface area is 356 Å². The molecule has 0 aliphatic heterocycles. The minimum atomic E-state index is -0.341. The van der Waals surface area contributed by atoms with E-state index in [0.717, 1.165) is 0 Å². The number of para-hydroxylation sites is 2. The summed E-state index contributed by atoms with van der Waals surface area (Å²) in [5.74, 6) is 0.387. The van der Waals surface area contributed by atoms with Crippen molar-refractivity contribution < 1.29 is 14.3 Å². The van der Waals surface area contributed by atoms with Gasteiger partial charge in [-0.3, -0.25) is 9.59 Å². The van der Waals surface area contributed by atoms with E-state index < -0.39 is 0 Å². The summed E-state index contributed by atoms with van der Waals surface area (Å²) in [7, 11) is 0. The van der Waals surface area contributed by atoms with E-state index in [1.807, 2.05) is 48.5 Å². The van der Waals surface area contributed by atoms with Gasteiger partial charge in [-0.1, -0.05) is 106 Å². The lowest BCUT2D eigenvalue weighted by molar-refractivity contribution is 0.102. The Morgan fingerprint density at radius 1 is 0.456 bits per heavy atom. The van der Waals surface area contributed by atoms with Crippen molar-refractivity contribution in [3.05, 3.63) is 175 Å². The van der Waals surface area contributed by atoms with Gasteiger partial charge < -0.3 is 15.4 Å². The highest BCUT2D eigenvalue weighted by molar-refractivity contribution is 6.50. The summed E-state index contributed by atoms with van der Waals surface area (Å²) >= 11 is 38.0. The highest BCUT2D eigenvalue weighted by Crippen LogP contribution is 2.40. The maximum absolute atomic E-state index is 13.7. The summed E-state index contributed by atoms with van der Waals surface area (Å²) in [4.78, 5) is 36.8. The van der Waals surface area contributed by atoms with E-state index in [9.17, 15) is 9.59 Å². The van der Waals surface area contributed by atoms with Crippen molar-refractivity contribution in [3.8, 4) is 34.0 Å². The molecular formula is C44H24Cl6N4O3. The number of ether oxygens (including phenoxy) is 1. The molecule has 0 atom stereocenters. The van der Waals surface area contributed by atoms with E-state index in [4.69, 9.17) is 84.3 Å². The Hall–Kier alpha value is -5.38. The second kappa shape index (κ2) is 16.2. The Morgan fingerprint density at radius 3 is 1.25 bits per heavy atom. The summed E-state index contributed by atoms with van der Waals surface area (Å²) < 4.78 is 6.06. The largest absolute Gasteiger partial charge is 0.457 e. The van der Waals surface area contributed by atoms with Crippen LogP contribution in [0, 0.1) is 0 Å². The van der Waals surface area contributed by atoms with Crippen LogP contribution in [0.4, 0.5) is 11.4 Å². The number of hydrogen-bond acceptors (Lipinski definition) is 5. The second-order valence-corrected chi connectivity index (χ2v) is 15.0. The third kappa shape index (κ3) is 7.96. The van der Waals surface area contributed by atoms with Gasteiger partial charge in [0, 0.05) is 33.3 Å². The van der Waals surface area contributed by atoms with E-state index in [1.165, 1.54) is 0 Å². The van der Waals surface area contributed by atoms with Crippen LogP contribution in [0.3, 0.4) is 0 Å². The number of halogens is 6. The number of fused-ring (bicyclic) bond motifs is 2. The van der Waals surface area contributed by atoms with Gasteiger partial charge in [0.15, 0.2) is 0 Å². The zero-order valence-corrected chi connectivity index (χ0v) is 33.6. The van der Waals surface area contributed by atoms with Gasteiger partial charge in [-0.2, -0.15) is 0 Å². The third-order valence-corrected chi connectivity index (χ3v) is 11.6. The molecule has 8 aromatic rings. The van der Waals surface area contributed by atoms with Crippen LogP contribution < -0.4 is 15.4 Å². The highest BCUT2D eigenvalue weighted by atomic mass is 35.5. The van der Waals surface area contributed by atoms with Gasteiger partial charge in [0.25, 0.3) is 11.8 Å². The molecule has 2 heterocycles. The molecule has 0 fully saturated rings. The smallest absolute Gasteiger partial charge is 0.256 e. The van der Waals surface area contributed by atoms with Crippen LogP contribution in [-0.2, 0) is 0 Å². The number of hydrogen-bond donors (Lipinski definition) is 2. The molecule has 0 aliphatic rings. The first-order chi connectivity index (χ1) is 27.5. The maximum Gasteiger partial charge on any atom is 0.256 e. The molecule has 8 rings (SSSR count). The molecule has 2 amide bonds. The summed E-state index contributed by atoms with van der Waals surface area (Å²) in [6, 6.07) is 38.6. The summed E-state index contributed by atoms with van der Waals surface area (Å²) in [5, 5.41) is 8.80. The zero-order valence-electron chi connectivity index (χ0n) is 29.1. The van der Waals surface area contributed by atoms with Crippen LogP contribution in [0.5, 0.6) is 11.5 Å². The fourth-order valence-corrected chi connectivity index (χ4v) is 7.46. The topological polar surface area (TPSA) is 93.2 Å². The lowest BCUT2D eigenvalue weighted by atomic mass is 10.0. The second-order valence-electron chi connectivity index (χ2n) is 12.6. The van der Waals surface area contributed by atoms with Crippen LogP contribution in [0.1, 0.15) is 20.7 Å². The molecule has 0 radical (unpaired) electrons. The molecule has 0 aliphatic carbocycles. The quantitative estimate of drug-likeness (QED) is 0.148. The Morgan fingerprint density at radius 2 is 0.842 bits per heavy atom. The average molecular weight is 869 g/mol. The average Bonchev–Trinajstić information content (AvgIpc) is 3.22. The van der Waals surface area contributed by atoms with E-state index in [2.05, 4.69) is 10.6 Å². The minimum Gasteiger partial charge on any atom is -0.457 e. The normalized spacial score (nSPS) is 11.1. The van der Waals surface area contributed by atoms with Gasteiger partial charge in [-0.05, 0) is 97.1 Å². The zero-order chi connectivity index (χ0) is 39.8. The molecular weight excluding hydrogens is 845 g/mol. The molecule has 0 saturated carbocycles. The van der Waals surface area contributed by atoms with Crippen LogP contribution in [0.25, 0.3) is 44.3 Å². The van der Waals surface area contributed by atoms with E-state index >= 15 is 0 Å². The number of amides is 2. The van der Waals surface area contributed by atoms with Crippen molar-refractivity contribution in [3.63, 3.8) is 0 Å². The monoisotopic (exact) mass is 866 g/mol. The molecule has 7 nitrogen and oxygen atoms in total. The van der Waals surface area contributed by atoms with Crippen molar-refractivity contribution in [1.82, 2.24) is 9.97 Å². The first-order valence-corrected chi connectivity index (χ1v) is 19.4. The molecule has 0 spiro atoms. The molecule has 57 heavy (non-hydrogen) atoms. The first-order valence-electron chi connectivity index (χ1n) is 17.1. The summed E-state index contributed by atoms with van der Waals surface area (Å²) in [5.41, 5.74) is 5.17. The molecule has 2 aromatic heterocycles. The van der Waals surface area contributed by atoms with E-state index in [-0.39, 0.29) is 31.9 Å². The van der Waals surface area contributed by atoms with Crippen LogP contribution in [0.15, 0.2) is 133 Å². The molecule has 2 N–H and O–H groups in total. The lowest BCUT2D eigenvalue weighted by Gasteiger charge is -2.13. The first kappa shape index (κ1) is 38.5. The van der Waals surface area contributed by atoms with Crippen molar-refractivity contribution in [2.24, 2.45) is 0 Å². The van der Waals surface area contributed by atoms with Gasteiger partial charge in [-0.15, -0.1) is 0 Å². The number of nitrogens with one attached hydrogen (secondary N) is 2. The number of benzene rings is 6. The van der Waals surface area contributed by atoms with Crippen LogP contribution in [0.2, 0.25) is 30.1 Å². The van der Waals surface area contributed by atoms with Crippen molar-refractivity contribution >= 4 is 115 Å². The van der Waals surface area contributed by atoms with Crippen LogP contribution >= 0.6 is 69.6 Å². The number of aromatic nitrogens is 2. The van der Waals surface area contributed by atoms with Gasteiger partial charge in [0.2, 0.25) is 0 Å². The number of anilines is 2. The molecule has 0 saturated heterocycles. The number of carbonyl (C=O) groups excluding carboxylic acids is 2. The van der Waals surface area contributed by atoms with Crippen molar-refractivity contribution in [1.29, 1.82) is 0 Å². The van der Waals surface area contributed by atoms with E-state index in [0.29, 0.717) is 88.4 Å². The Balaban J connectivity index is 0.963. The highest BCUT2D eigenvalue weighted by Gasteiger charge is 2.20. The van der Waals surface area contributed by atoms with Crippen molar-refractivity contribution in [2.75, 3.05) is 10.6 Å². The lowest BCUT2D eigenvalue weighted by Crippen LogP contribution is -2.13. The van der Waals surface area contributed by atoms with Crippen molar-refractivity contribution in [2.45, 2.75) is 0 Å². The third-order valence-electron chi connectivity index (χ3n) is 9.00. The fraction of sp³-hybridized carbons (Fsp3) is 0. The van der Waals surface area contributed by atoms with Gasteiger partial charge in [0.05, 0.1) is 63.7 Å².